The first-order valence-electron chi connectivity index (χ1n) is 9.82. The molecule has 2 fully saturated rings. The molecule has 0 spiro atoms. The summed E-state index contributed by atoms with van der Waals surface area (Å²) in [6.45, 7) is 5.49. The summed E-state index contributed by atoms with van der Waals surface area (Å²) >= 11 is 0. The highest BCUT2D eigenvalue weighted by Gasteiger charge is 2.34. The number of hydrogen-bond acceptors (Lipinski definition) is 2. The van der Waals surface area contributed by atoms with E-state index in [1.165, 1.54) is 10.5 Å². The van der Waals surface area contributed by atoms with Gasteiger partial charge in [-0.05, 0) is 37.8 Å². The number of benzene rings is 1. The van der Waals surface area contributed by atoms with Crippen LogP contribution in [0.15, 0.2) is 35.3 Å². The molecular formula is C20H30F3IN4. The second kappa shape index (κ2) is 10.7. The molecule has 2 aliphatic heterocycles. The molecule has 4 nitrogen and oxygen atoms in total. The molecular weight excluding hydrogens is 480 g/mol. The largest absolute Gasteiger partial charge is 0.401 e. The zero-order valence-electron chi connectivity index (χ0n) is 16.3. The third kappa shape index (κ3) is 6.79. The highest BCUT2D eigenvalue weighted by Crippen LogP contribution is 2.27. The Labute approximate surface area is 182 Å². The minimum Gasteiger partial charge on any atom is -0.357 e. The van der Waals surface area contributed by atoms with Crippen molar-refractivity contribution in [2.75, 3.05) is 45.8 Å². The quantitative estimate of drug-likeness (QED) is 0.370. The summed E-state index contributed by atoms with van der Waals surface area (Å²) < 4.78 is 37.6. The number of hydrogen-bond donors (Lipinski definition) is 1. The fourth-order valence-electron chi connectivity index (χ4n) is 4.05. The van der Waals surface area contributed by atoms with Crippen LogP contribution in [0.1, 0.15) is 31.2 Å². The van der Waals surface area contributed by atoms with Crippen molar-refractivity contribution in [1.82, 2.24) is 15.1 Å². The summed E-state index contributed by atoms with van der Waals surface area (Å²) in [4.78, 5) is 8.54. The van der Waals surface area contributed by atoms with E-state index in [0.29, 0.717) is 25.6 Å². The monoisotopic (exact) mass is 510 g/mol. The summed E-state index contributed by atoms with van der Waals surface area (Å²) in [5.74, 6) is 1.60. The molecule has 0 aromatic heterocycles. The molecule has 0 saturated carbocycles. The van der Waals surface area contributed by atoms with Crippen molar-refractivity contribution in [2.24, 2.45) is 10.9 Å². The Balaban J connectivity index is 0.00000280. The molecule has 0 radical (unpaired) electrons. The first-order chi connectivity index (χ1) is 12.9. The van der Waals surface area contributed by atoms with Crippen LogP contribution in [0.5, 0.6) is 0 Å². The van der Waals surface area contributed by atoms with Gasteiger partial charge < -0.3 is 10.2 Å². The van der Waals surface area contributed by atoms with Gasteiger partial charge in [0, 0.05) is 38.6 Å². The number of likely N-dealkylation sites (tertiary alicyclic amines) is 2. The summed E-state index contributed by atoms with van der Waals surface area (Å²) in [6, 6.07) is 10.5. The molecule has 1 N–H and O–H groups in total. The van der Waals surface area contributed by atoms with Crippen LogP contribution >= 0.6 is 24.0 Å². The van der Waals surface area contributed by atoms with Crippen molar-refractivity contribution in [1.29, 1.82) is 0 Å². The van der Waals surface area contributed by atoms with Crippen molar-refractivity contribution in [2.45, 2.75) is 31.9 Å². The van der Waals surface area contributed by atoms with Gasteiger partial charge in [0.2, 0.25) is 0 Å². The van der Waals surface area contributed by atoms with Gasteiger partial charge in [-0.3, -0.25) is 9.89 Å². The molecule has 1 aromatic rings. The first-order valence-corrected chi connectivity index (χ1v) is 9.82. The number of guanidine groups is 1. The van der Waals surface area contributed by atoms with Gasteiger partial charge in [0.15, 0.2) is 5.96 Å². The third-order valence-electron chi connectivity index (χ3n) is 5.37. The summed E-state index contributed by atoms with van der Waals surface area (Å²) in [5, 5.41) is 3.35. The van der Waals surface area contributed by atoms with Crippen molar-refractivity contribution in [3.63, 3.8) is 0 Å². The summed E-state index contributed by atoms with van der Waals surface area (Å²) in [7, 11) is 0. The Morgan fingerprint density at radius 1 is 1.14 bits per heavy atom. The number of alkyl halides is 3. The van der Waals surface area contributed by atoms with Gasteiger partial charge in [-0.25, -0.2) is 0 Å². The minimum absolute atomic E-state index is 0. The molecule has 1 aromatic carbocycles. The third-order valence-corrected chi connectivity index (χ3v) is 5.37. The van der Waals surface area contributed by atoms with E-state index in [-0.39, 0.29) is 29.9 Å². The molecule has 2 heterocycles. The topological polar surface area (TPSA) is 30.9 Å². The second-order valence-corrected chi connectivity index (χ2v) is 7.54. The van der Waals surface area contributed by atoms with Gasteiger partial charge in [-0.2, -0.15) is 13.2 Å². The molecule has 0 aliphatic carbocycles. The Kier molecular flexibility index (Phi) is 8.85. The van der Waals surface area contributed by atoms with E-state index in [1.807, 2.05) is 13.0 Å². The molecule has 8 heteroatoms. The average molecular weight is 510 g/mol. The Bertz CT molecular complexity index is 624. The lowest BCUT2D eigenvalue weighted by atomic mass is 9.99. The Morgan fingerprint density at radius 3 is 2.57 bits per heavy atom. The maximum Gasteiger partial charge on any atom is 0.401 e. The van der Waals surface area contributed by atoms with Gasteiger partial charge >= 0.3 is 6.18 Å². The number of aliphatic imine (C=N–C) groups is 1. The van der Waals surface area contributed by atoms with Gasteiger partial charge in [0.1, 0.15) is 0 Å². The minimum atomic E-state index is -4.12. The molecule has 2 atom stereocenters. The molecule has 2 unspecified atom stereocenters. The highest BCUT2D eigenvalue weighted by atomic mass is 127. The maximum atomic E-state index is 12.5. The molecule has 3 rings (SSSR count). The lowest BCUT2D eigenvalue weighted by Gasteiger charge is -2.22. The van der Waals surface area contributed by atoms with E-state index in [1.54, 1.807) is 0 Å². The average Bonchev–Trinajstić information content (AvgIpc) is 3.28. The van der Waals surface area contributed by atoms with Crippen LogP contribution in [0.4, 0.5) is 13.2 Å². The van der Waals surface area contributed by atoms with E-state index in [2.05, 4.69) is 34.5 Å². The number of halogens is 4. The van der Waals surface area contributed by atoms with Gasteiger partial charge in [0.05, 0.1) is 6.54 Å². The normalized spacial score (nSPS) is 23.7. The zero-order valence-corrected chi connectivity index (χ0v) is 18.6. The lowest BCUT2D eigenvalue weighted by molar-refractivity contribution is -0.143. The van der Waals surface area contributed by atoms with Crippen molar-refractivity contribution < 1.29 is 13.2 Å². The highest BCUT2D eigenvalue weighted by molar-refractivity contribution is 14.0. The van der Waals surface area contributed by atoms with Crippen molar-refractivity contribution in [3.05, 3.63) is 35.9 Å². The fraction of sp³-hybridized carbons (Fsp3) is 0.650. The number of nitrogens with zero attached hydrogens (tertiary/aromatic N) is 3. The second-order valence-electron chi connectivity index (χ2n) is 7.54. The van der Waals surface area contributed by atoms with E-state index in [4.69, 9.17) is 4.99 Å². The Morgan fingerprint density at radius 2 is 1.89 bits per heavy atom. The van der Waals surface area contributed by atoms with Crippen LogP contribution in [-0.4, -0.2) is 67.7 Å². The smallest absolute Gasteiger partial charge is 0.357 e. The summed E-state index contributed by atoms with van der Waals surface area (Å²) in [6.07, 6.45) is -2.24. The number of nitrogens with one attached hydrogen (secondary N) is 1. The fourth-order valence-corrected chi connectivity index (χ4v) is 4.05. The van der Waals surface area contributed by atoms with Crippen molar-refractivity contribution in [3.8, 4) is 0 Å². The van der Waals surface area contributed by atoms with Crippen molar-refractivity contribution >= 4 is 29.9 Å². The van der Waals surface area contributed by atoms with Gasteiger partial charge in [0.25, 0.3) is 0 Å². The van der Waals surface area contributed by atoms with Crippen LogP contribution in [0, 0.1) is 5.92 Å². The molecule has 0 amide bonds. The standard InChI is InChI=1S/C20H29F3N4.HI/c1-2-24-19(25-12-16-8-10-26(13-16)15-20(21,22)23)27-11-9-18(14-27)17-6-4-3-5-7-17;/h3-7,16,18H,2,8-15H2,1H3,(H,24,25);1H. The predicted molar refractivity (Wildman–Crippen MR) is 117 cm³/mol. The summed E-state index contributed by atoms with van der Waals surface area (Å²) in [5.41, 5.74) is 1.36. The van der Waals surface area contributed by atoms with Crippen LogP contribution in [0.25, 0.3) is 0 Å². The SMILES string of the molecule is CCNC(=NCC1CCN(CC(F)(F)F)C1)N1CCC(c2ccccc2)C1.I. The van der Waals surface area contributed by atoms with E-state index >= 15 is 0 Å². The predicted octanol–water partition coefficient (Wildman–Crippen LogP) is 3.94. The lowest BCUT2D eigenvalue weighted by Crippen LogP contribution is -2.40. The van der Waals surface area contributed by atoms with Gasteiger partial charge in [-0.1, -0.05) is 30.3 Å². The van der Waals surface area contributed by atoms with Gasteiger partial charge in [-0.15, -0.1) is 24.0 Å². The van der Waals surface area contributed by atoms with E-state index in [9.17, 15) is 13.2 Å². The van der Waals surface area contributed by atoms with Crippen LogP contribution in [0.3, 0.4) is 0 Å². The van der Waals surface area contributed by atoms with E-state index in [0.717, 1.165) is 38.4 Å². The van der Waals surface area contributed by atoms with E-state index < -0.39 is 12.7 Å². The molecule has 0 bridgehead atoms. The molecule has 158 valence electrons. The molecule has 2 saturated heterocycles. The molecule has 28 heavy (non-hydrogen) atoms. The maximum absolute atomic E-state index is 12.5. The van der Waals surface area contributed by atoms with Crippen LogP contribution in [-0.2, 0) is 0 Å². The Hall–Kier alpha value is -1.03. The first kappa shape index (κ1) is 23.3. The van der Waals surface area contributed by atoms with Crippen LogP contribution < -0.4 is 5.32 Å². The molecule has 2 aliphatic rings. The number of rotatable bonds is 5. The zero-order chi connectivity index (χ0) is 19.3. The van der Waals surface area contributed by atoms with Crippen LogP contribution in [0.2, 0.25) is 0 Å².